The van der Waals surface area contributed by atoms with E-state index in [4.69, 9.17) is 0 Å². The number of hydrogen-bond acceptors (Lipinski definition) is 2. The summed E-state index contributed by atoms with van der Waals surface area (Å²) < 4.78 is 26.8. The molecule has 128 valence electrons. The summed E-state index contributed by atoms with van der Waals surface area (Å²) in [7, 11) is 0. The SMILES string of the molecule is CC[C@@H]1CN[C@@H](C)CN1C(c1ccc(F)cc1)c1ccc(F)cc1. The molecule has 2 atom stereocenters. The van der Waals surface area contributed by atoms with Gasteiger partial charge in [-0.25, -0.2) is 8.78 Å². The molecule has 3 rings (SSSR count). The topological polar surface area (TPSA) is 15.3 Å². The van der Waals surface area contributed by atoms with Crippen LogP contribution in [0.1, 0.15) is 37.4 Å². The Morgan fingerprint density at radius 3 is 1.96 bits per heavy atom. The smallest absolute Gasteiger partial charge is 0.123 e. The van der Waals surface area contributed by atoms with Gasteiger partial charge in [-0.15, -0.1) is 0 Å². The summed E-state index contributed by atoms with van der Waals surface area (Å²) in [6.07, 6.45) is 1.03. The Morgan fingerprint density at radius 2 is 1.50 bits per heavy atom. The van der Waals surface area contributed by atoms with Gasteiger partial charge in [0.1, 0.15) is 11.6 Å². The van der Waals surface area contributed by atoms with Gasteiger partial charge < -0.3 is 5.32 Å². The maximum absolute atomic E-state index is 13.4. The molecule has 1 aliphatic rings. The predicted molar refractivity (Wildman–Crippen MR) is 92.9 cm³/mol. The second-order valence-electron chi connectivity index (χ2n) is 6.57. The van der Waals surface area contributed by atoms with E-state index < -0.39 is 0 Å². The van der Waals surface area contributed by atoms with Crippen molar-refractivity contribution >= 4 is 0 Å². The molecular formula is C20H24F2N2. The van der Waals surface area contributed by atoms with E-state index in [-0.39, 0.29) is 17.7 Å². The molecule has 0 bridgehead atoms. The van der Waals surface area contributed by atoms with Crippen LogP contribution < -0.4 is 5.32 Å². The summed E-state index contributed by atoms with van der Waals surface area (Å²) in [5.41, 5.74) is 2.08. The third-order valence-electron chi connectivity index (χ3n) is 4.83. The summed E-state index contributed by atoms with van der Waals surface area (Å²) >= 11 is 0. The van der Waals surface area contributed by atoms with E-state index in [2.05, 4.69) is 24.1 Å². The lowest BCUT2D eigenvalue weighted by molar-refractivity contribution is 0.0995. The number of halogens is 2. The molecule has 24 heavy (non-hydrogen) atoms. The summed E-state index contributed by atoms with van der Waals surface area (Å²) in [5.74, 6) is -0.477. The Kier molecular flexibility index (Phi) is 5.27. The number of nitrogens with one attached hydrogen (secondary N) is 1. The Balaban J connectivity index is 2.03. The van der Waals surface area contributed by atoms with Gasteiger partial charge in [-0.2, -0.15) is 0 Å². The lowest BCUT2D eigenvalue weighted by atomic mass is 9.93. The molecule has 0 spiro atoms. The molecule has 2 aromatic rings. The quantitative estimate of drug-likeness (QED) is 0.907. The van der Waals surface area contributed by atoms with Crippen molar-refractivity contribution in [1.82, 2.24) is 10.2 Å². The minimum atomic E-state index is -0.239. The lowest BCUT2D eigenvalue weighted by Gasteiger charge is -2.44. The predicted octanol–water partition coefficient (Wildman–Crippen LogP) is 4.13. The van der Waals surface area contributed by atoms with Gasteiger partial charge in [0.05, 0.1) is 6.04 Å². The maximum atomic E-state index is 13.4. The molecule has 1 heterocycles. The second-order valence-corrected chi connectivity index (χ2v) is 6.57. The Morgan fingerprint density at radius 1 is 1.00 bits per heavy atom. The van der Waals surface area contributed by atoms with E-state index >= 15 is 0 Å². The highest BCUT2D eigenvalue weighted by molar-refractivity contribution is 5.33. The van der Waals surface area contributed by atoms with E-state index in [9.17, 15) is 8.78 Å². The first-order chi connectivity index (χ1) is 11.6. The minimum Gasteiger partial charge on any atom is -0.311 e. The highest BCUT2D eigenvalue weighted by Crippen LogP contribution is 2.32. The fourth-order valence-electron chi connectivity index (χ4n) is 3.54. The molecule has 0 aromatic heterocycles. The monoisotopic (exact) mass is 330 g/mol. The maximum Gasteiger partial charge on any atom is 0.123 e. The lowest BCUT2D eigenvalue weighted by Crippen LogP contribution is -2.56. The van der Waals surface area contributed by atoms with Gasteiger partial charge in [-0.3, -0.25) is 4.90 Å². The van der Waals surface area contributed by atoms with E-state index in [0.717, 1.165) is 30.6 Å². The molecule has 0 unspecified atom stereocenters. The molecule has 0 aliphatic carbocycles. The number of hydrogen-bond donors (Lipinski definition) is 1. The Labute approximate surface area is 142 Å². The van der Waals surface area contributed by atoms with E-state index in [0.29, 0.717) is 12.1 Å². The standard InChI is InChI=1S/C20H24F2N2/c1-3-19-12-23-14(2)13-24(19)20(15-4-8-17(21)9-5-15)16-6-10-18(22)11-7-16/h4-11,14,19-20,23H,3,12-13H2,1-2H3/t14-,19+/m0/s1. The van der Waals surface area contributed by atoms with Crippen LogP contribution in [0.3, 0.4) is 0 Å². The largest absolute Gasteiger partial charge is 0.311 e. The fraction of sp³-hybridized carbons (Fsp3) is 0.400. The third kappa shape index (κ3) is 3.65. The first-order valence-electron chi connectivity index (χ1n) is 8.58. The van der Waals surface area contributed by atoms with E-state index in [1.165, 1.54) is 24.3 Å². The molecule has 0 saturated carbocycles. The van der Waals surface area contributed by atoms with Crippen molar-refractivity contribution in [1.29, 1.82) is 0 Å². The van der Waals surface area contributed by atoms with Crippen molar-refractivity contribution in [3.63, 3.8) is 0 Å². The van der Waals surface area contributed by atoms with Crippen LogP contribution in [0.25, 0.3) is 0 Å². The summed E-state index contributed by atoms with van der Waals surface area (Å²) in [4.78, 5) is 2.46. The zero-order valence-corrected chi connectivity index (χ0v) is 14.2. The van der Waals surface area contributed by atoms with Crippen molar-refractivity contribution in [2.75, 3.05) is 13.1 Å². The van der Waals surface area contributed by atoms with Crippen molar-refractivity contribution < 1.29 is 8.78 Å². The van der Waals surface area contributed by atoms with Crippen LogP contribution in [0, 0.1) is 11.6 Å². The van der Waals surface area contributed by atoms with Crippen LogP contribution in [-0.4, -0.2) is 30.1 Å². The van der Waals surface area contributed by atoms with Crippen molar-refractivity contribution in [2.45, 2.75) is 38.4 Å². The first-order valence-corrected chi connectivity index (χ1v) is 8.58. The summed E-state index contributed by atoms with van der Waals surface area (Å²) in [5, 5.41) is 3.53. The summed E-state index contributed by atoms with van der Waals surface area (Å²) in [6.45, 7) is 6.18. The highest BCUT2D eigenvalue weighted by Gasteiger charge is 2.32. The molecule has 1 fully saturated rings. The van der Waals surface area contributed by atoms with Crippen molar-refractivity contribution in [3.05, 3.63) is 71.3 Å². The normalized spacial score (nSPS) is 22.0. The first kappa shape index (κ1) is 17.1. The van der Waals surface area contributed by atoms with Gasteiger partial charge in [0.25, 0.3) is 0 Å². The molecule has 1 aliphatic heterocycles. The van der Waals surface area contributed by atoms with Gasteiger partial charge in [0.2, 0.25) is 0 Å². The molecule has 1 N–H and O–H groups in total. The number of benzene rings is 2. The van der Waals surface area contributed by atoms with E-state index in [1.54, 1.807) is 0 Å². The van der Waals surface area contributed by atoms with Crippen LogP contribution in [0.15, 0.2) is 48.5 Å². The van der Waals surface area contributed by atoms with Crippen molar-refractivity contribution in [2.24, 2.45) is 0 Å². The molecule has 0 radical (unpaired) electrons. The minimum absolute atomic E-state index is 0.000648. The molecular weight excluding hydrogens is 306 g/mol. The van der Waals surface area contributed by atoms with Crippen LogP contribution in [0.5, 0.6) is 0 Å². The average Bonchev–Trinajstić information content (AvgIpc) is 2.59. The average molecular weight is 330 g/mol. The molecule has 2 aromatic carbocycles. The van der Waals surface area contributed by atoms with Crippen LogP contribution in [-0.2, 0) is 0 Å². The molecule has 1 saturated heterocycles. The zero-order chi connectivity index (χ0) is 17.1. The van der Waals surface area contributed by atoms with Gasteiger partial charge in [-0.1, -0.05) is 31.2 Å². The van der Waals surface area contributed by atoms with Crippen LogP contribution >= 0.6 is 0 Å². The zero-order valence-electron chi connectivity index (χ0n) is 14.2. The van der Waals surface area contributed by atoms with Gasteiger partial charge in [0.15, 0.2) is 0 Å². The Bertz CT molecular complexity index is 609. The fourth-order valence-corrected chi connectivity index (χ4v) is 3.54. The number of piperazine rings is 1. The van der Waals surface area contributed by atoms with E-state index in [1.807, 2.05) is 24.3 Å². The number of nitrogens with zero attached hydrogens (tertiary/aromatic N) is 1. The second kappa shape index (κ2) is 7.41. The van der Waals surface area contributed by atoms with Crippen LogP contribution in [0.4, 0.5) is 8.78 Å². The van der Waals surface area contributed by atoms with Gasteiger partial charge in [0, 0.05) is 25.2 Å². The van der Waals surface area contributed by atoms with Crippen molar-refractivity contribution in [3.8, 4) is 0 Å². The highest BCUT2D eigenvalue weighted by atomic mass is 19.1. The van der Waals surface area contributed by atoms with Crippen LogP contribution in [0.2, 0.25) is 0 Å². The summed E-state index contributed by atoms with van der Waals surface area (Å²) in [6, 6.07) is 14.1. The molecule has 0 amide bonds. The molecule has 4 heteroatoms. The van der Waals surface area contributed by atoms with Gasteiger partial charge >= 0.3 is 0 Å². The Hall–Kier alpha value is -1.78. The number of rotatable bonds is 4. The van der Waals surface area contributed by atoms with Gasteiger partial charge in [-0.05, 0) is 48.7 Å². The molecule has 2 nitrogen and oxygen atoms in total. The third-order valence-corrected chi connectivity index (χ3v) is 4.83.